The van der Waals surface area contributed by atoms with Crippen molar-refractivity contribution >= 4 is 0 Å². The van der Waals surface area contributed by atoms with E-state index in [4.69, 9.17) is 0 Å². The Morgan fingerprint density at radius 1 is 1.06 bits per heavy atom. The van der Waals surface area contributed by atoms with Gasteiger partial charge in [0, 0.05) is 0 Å². The van der Waals surface area contributed by atoms with Gasteiger partial charge in [-0.15, -0.1) is 0 Å². The molecule has 2 heteroatoms. The molecular weight excluding hydrogens is 212 g/mol. The smallest absolute Gasteiger partial charge is 0.0699 e. The van der Waals surface area contributed by atoms with Crippen molar-refractivity contribution in [3.8, 4) is 0 Å². The second-order valence-corrected chi connectivity index (χ2v) is 6.73. The average molecular weight is 244 g/mol. The van der Waals surface area contributed by atoms with Gasteiger partial charge in [0.1, 0.15) is 0 Å². The van der Waals surface area contributed by atoms with Crippen LogP contribution >= 0.6 is 0 Å². The van der Waals surface area contributed by atoms with Gasteiger partial charge >= 0.3 is 0 Å². The van der Waals surface area contributed by atoms with Gasteiger partial charge in [0.05, 0.1) is 11.2 Å². The van der Waals surface area contributed by atoms with E-state index in [1.807, 2.05) is 27.7 Å². The topological polar surface area (TPSA) is 40.5 Å². The van der Waals surface area contributed by atoms with E-state index in [9.17, 15) is 10.2 Å². The molecule has 0 spiro atoms. The highest BCUT2D eigenvalue weighted by Crippen LogP contribution is 2.46. The summed E-state index contributed by atoms with van der Waals surface area (Å²) in [4.78, 5) is 0. The fraction of sp³-hybridized carbons (Fsp3) is 1.00. The molecule has 1 saturated carbocycles. The summed E-state index contributed by atoms with van der Waals surface area (Å²) >= 11 is 0. The normalized spacial score (nSPS) is 30.5. The molecule has 0 saturated heterocycles. The molecule has 2 unspecified atom stereocenters. The van der Waals surface area contributed by atoms with E-state index in [-0.39, 0.29) is 11.3 Å². The van der Waals surface area contributed by atoms with Crippen LogP contribution < -0.4 is 0 Å². The summed E-state index contributed by atoms with van der Waals surface area (Å²) in [7, 11) is 0. The lowest BCUT2D eigenvalue weighted by Crippen LogP contribution is -2.50. The van der Waals surface area contributed by atoms with Crippen LogP contribution in [0.2, 0.25) is 0 Å². The highest BCUT2D eigenvalue weighted by Gasteiger charge is 2.46. The maximum atomic E-state index is 10.6. The third kappa shape index (κ3) is 4.26. The van der Waals surface area contributed by atoms with Crippen LogP contribution in [0.4, 0.5) is 0 Å². The van der Waals surface area contributed by atoms with Gasteiger partial charge in [0.15, 0.2) is 0 Å². The van der Waals surface area contributed by atoms with Gasteiger partial charge in [0.2, 0.25) is 0 Å². The third-order valence-corrected chi connectivity index (χ3v) is 4.12. The molecule has 0 bridgehead atoms. The molecule has 17 heavy (non-hydrogen) atoms. The van der Waals surface area contributed by atoms with E-state index in [1.54, 1.807) is 0 Å². The molecule has 1 aliphatic carbocycles. The van der Waals surface area contributed by atoms with E-state index in [2.05, 4.69) is 20.8 Å². The van der Waals surface area contributed by atoms with Crippen molar-refractivity contribution in [2.24, 2.45) is 11.3 Å². The molecule has 0 aromatic carbocycles. The van der Waals surface area contributed by atoms with Crippen LogP contribution in [0, 0.1) is 11.3 Å². The Bertz CT molecular complexity index is 222. The first-order valence-corrected chi connectivity index (χ1v) is 7.01. The molecule has 104 valence electrons. The number of aliphatic hydroxyl groups is 2. The first kappa shape index (κ1) is 16.9. The summed E-state index contributed by atoms with van der Waals surface area (Å²) in [6.45, 7) is 14.0. The summed E-state index contributed by atoms with van der Waals surface area (Å²) in [6, 6.07) is 0. The Labute approximate surface area is 107 Å². The Hall–Kier alpha value is -0.0800. The maximum absolute atomic E-state index is 10.6. The van der Waals surface area contributed by atoms with Crippen LogP contribution in [0.5, 0.6) is 0 Å². The Morgan fingerprint density at radius 2 is 1.53 bits per heavy atom. The SMILES string of the molecule is CC.CC(C)(O)C1CCCC(O)(C(C)(C)C)C1. The summed E-state index contributed by atoms with van der Waals surface area (Å²) in [5.74, 6) is 0.218. The molecule has 1 rings (SSSR count). The zero-order valence-electron chi connectivity index (χ0n) is 12.8. The van der Waals surface area contributed by atoms with Crippen molar-refractivity contribution in [1.29, 1.82) is 0 Å². The van der Waals surface area contributed by atoms with Gasteiger partial charge in [-0.2, -0.15) is 0 Å². The predicted molar refractivity (Wildman–Crippen MR) is 74.0 cm³/mol. The van der Waals surface area contributed by atoms with Crippen molar-refractivity contribution in [2.45, 2.75) is 85.4 Å². The van der Waals surface area contributed by atoms with E-state index in [0.29, 0.717) is 0 Å². The standard InChI is InChI=1S/C13H26O2.C2H6/c1-11(2,3)13(15)8-6-7-10(9-13)12(4,5)14;1-2/h10,14-15H,6-9H2,1-5H3;1-2H3. The molecule has 0 aromatic heterocycles. The van der Waals surface area contributed by atoms with E-state index in [0.717, 1.165) is 25.7 Å². The van der Waals surface area contributed by atoms with Crippen molar-refractivity contribution in [1.82, 2.24) is 0 Å². The lowest BCUT2D eigenvalue weighted by Gasteiger charge is -2.48. The van der Waals surface area contributed by atoms with Crippen molar-refractivity contribution in [2.75, 3.05) is 0 Å². The van der Waals surface area contributed by atoms with Gasteiger partial charge < -0.3 is 10.2 Å². The van der Waals surface area contributed by atoms with E-state index < -0.39 is 11.2 Å². The molecule has 1 fully saturated rings. The van der Waals surface area contributed by atoms with Gasteiger partial charge in [-0.05, 0) is 44.4 Å². The number of rotatable bonds is 1. The highest BCUT2D eigenvalue weighted by molar-refractivity contribution is 4.98. The molecule has 2 atom stereocenters. The van der Waals surface area contributed by atoms with E-state index in [1.165, 1.54) is 0 Å². The van der Waals surface area contributed by atoms with Gasteiger partial charge in [-0.1, -0.05) is 41.0 Å². The molecule has 0 aliphatic heterocycles. The molecule has 1 aliphatic rings. The van der Waals surface area contributed by atoms with Crippen LogP contribution in [0.25, 0.3) is 0 Å². The Kier molecular flexibility index (Phi) is 5.68. The third-order valence-electron chi connectivity index (χ3n) is 4.12. The quantitative estimate of drug-likeness (QED) is 0.737. The van der Waals surface area contributed by atoms with Crippen LogP contribution in [0.1, 0.15) is 74.1 Å². The lowest BCUT2D eigenvalue weighted by atomic mass is 9.63. The molecular formula is C15H32O2. The molecule has 2 N–H and O–H groups in total. The minimum Gasteiger partial charge on any atom is -0.390 e. The molecule has 2 nitrogen and oxygen atoms in total. The summed E-state index contributed by atoms with van der Waals surface area (Å²) in [5.41, 5.74) is -1.38. The Balaban J connectivity index is 0.00000121. The fourth-order valence-corrected chi connectivity index (χ4v) is 2.54. The monoisotopic (exact) mass is 244 g/mol. The van der Waals surface area contributed by atoms with Gasteiger partial charge in [-0.3, -0.25) is 0 Å². The largest absolute Gasteiger partial charge is 0.390 e. The first-order valence-electron chi connectivity index (χ1n) is 7.01. The van der Waals surface area contributed by atoms with Crippen molar-refractivity contribution in [3.63, 3.8) is 0 Å². The second-order valence-electron chi connectivity index (χ2n) is 6.73. The van der Waals surface area contributed by atoms with Crippen LogP contribution in [-0.2, 0) is 0 Å². The zero-order chi connectivity index (χ0) is 13.9. The molecule has 0 amide bonds. The van der Waals surface area contributed by atoms with E-state index >= 15 is 0 Å². The number of hydrogen-bond donors (Lipinski definition) is 2. The zero-order valence-corrected chi connectivity index (χ0v) is 12.8. The van der Waals surface area contributed by atoms with Crippen molar-refractivity contribution < 1.29 is 10.2 Å². The Morgan fingerprint density at radius 3 is 1.88 bits per heavy atom. The minimum absolute atomic E-state index is 0.100. The maximum Gasteiger partial charge on any atom is 0.0699 e. The summed E-state index contributed by atoms with van der Waals surface area (Å²) in [6.07, 6.45) is 3.63. The minimum atomic E-state index is -0.667. The van der Waals surface area contributed by atoms with Crippen LogP contribution in [-0.4, -0.2) is 21.4 Å². The first-order chi connectivity index (χ1) is 7.56. The molecule has 0 radical (unpaired) electrons. The fourth-order valence-electron chi connectivity index (χ4n) is 2.54. The van der Waals surface area contributed by atoms with Gasteiger partial charge in [-0.25, -0.2) is 0 Å². The predicted octanol–water partition coefficient (Wildman–Crippen LogP) is 3.75. The van der Waals surface area contributed by atoms with Gasteiger partial charge in [0.25, 0.3) is 0 Å². The number of hydrogen-bond acceptors (Lipinski definition) is 2. The molecule has 0 heterocycles. The average Bonchev–Trinajstić information content (AvgIpc) is 2.18. The highest BCUT2D eigenvalue weighted by atomic mass is 16.3. The summed E-state index contributed by atoms with van der Waals surface area (Å²) < 4.78 is 0. The molecule has 0 aromatic rings. The summed E-state index contributed by atoms with van der Waals surface area (Å²) in [5, 5.41) is 20.7. The lowest BCUT2D eigenvalue weighted by molar-refractivity contribution is -0.128. The van der Waals surface area contributed by atoms with Crippen LogP contribution in [0.3, 0.4) is 0 Å². The second kappa shape index (κ2) is 5.71. The van der Waals surface area contributed by atoms with Crippen LogP contribution in [0.15, 0.2) is 0 Å². The van der Waals surface area contributed by atoms with Crippen molar-refractivity contribution in [3.05, 3.63) is 0 Å².